The summed E-state index contributed by atoms with van der Waals surface area (Å²) in [6.07, 6.45) is 0. The minimum Gasteiger partial charge on any atom is -0.462 e. The molecule has 0 saturated heterocycles. The van der Waals surface area contributed by atoms with Crippen molar-refractivity contribution in [1.29, 1.82) is 0 Å². The Morgan fingerprint density at radius 2 is 2.11 bits per heavy atom. The Kier molecular flexibility index (Phi) is 6.21. The zero-order chi connectivity index (χ0) is 20.4. The molecule has 28 heavy (non-hydrogen) atoms. The van der Waals surface area contributed by atoms with Gasteiger partial charge in [-0.25, -0.2) is 9.78 Å². The van der Waals surface area contributed by atoms with E-state index in [0.29, 0.717) is 25.9 Å². The number of thiophene rings is 2. The van der Waals surface area contributed by atoms with Crippen molar-refractivity contribution in [2.45, 2.75) is 25.9 Å². The van der Waals surface area contributed by atoms with Crippen LogP contribution in [0.25, 0.3) is 10.2 Å². The van der Waals surface area contributed by atoms with Gasteiger partial charge in [-0.3, -0.25) is 14.2 Å². The molecular weight excluding hydrogens is 418 g/mol. The van der Waals surface area contributed by atoms with Crippen LogP contribution in [0.4, 0.5) is 5.00 Å². The molecule has 3 aromatic rings. The third kappa shape index (κ3) is 3.98. The summed E-state index contributed by atoms with van der Waals surface area (Å²) in [5.74, 6) is -0.689. The number of nitrogens with zero attached hydrogens (tertiary/aromatic N) is 2. The average molecular weight is 438 g/mol. The van der Waals surface area contributed by atoms with Crippen LogP contribution >= 0.6 is 34.4 Å². The zero-order valence-corrected chi connectivity index (χ0v) is 18.3. The van der Waals surface area contributed by atoms with Gasteiger partial charge >= 0.3 is 5.97 Å². The largest absolute Gasteiger partial charge is 0.462 e. The topological polar surface area (TPSA) is 90.3 Å². The highest BCUT2D eigenvalue weighted by molar-refractivity contribution is 7.99. The van der Waals surface area contributed by atoms with Crippen LogP contribution in [0.3, 0.4) is 0 Å². The number of carbonyl (C=O) groups excluding carboxylic acids is 2. The number of aromatic nitrogens is 2. The van der Waals surface area contributed by atoms with Crippen LogP contribution in [0.2, 0.25) is 0 Å². The molecule has 0 bridgehead atoms. The molecule has 1 amide bonds. The number of esters is 1. The number of aryl methyl sites for hydroxylation is 2. The lowest BCUT2D eigenvalue weighted by atomic mass is 10.2. The first kappa shape index (κ1) is 20.6. The molecule has 10 heteroatoms. The maximum atomic E-state index is 12.6. The molecule has 0 spiro atoms. The monoisotopic (exact) mass is 437 g/mol. The van der Waals surface area contributed by atoms with Gasteiger partial charge in [-0.1, -0.05) is 11.8 Å². The first-order chi connectivity index (χ1) is 13.3. The van der Waals surface area contributed by atoms with Crippen LogP contribution in [0.1, 0.15) is 27.7 Å². The highest BCUT2D eigenvalue weighted by atomic mass is 32.2. The number of anilines is 1. The minimum atomic E-state index is -0.468. The molecule has 0 fully saturated rings. The zero-order valence-electron chi connectivity index (χ0n) is 15.8. The second-order valence-electron chi connectivity index (χ2n) is 5.94. The van der Waals surface area contributed by atoms with Crippen LogP contribution in [-0.4, -0.2) is 33.8 Å². The van der Waals surface area contributed by atoms with Gasteiger partial charge in [0.15, 0.2) is 5.16 Å². The van der Waals surface area contributed by atoms with Gasteiger partial charge in [-0.2, -0.15) is 0 Å². The van der Waals surface area contributed by atoms with E-state index in [2.05, 4.69) is 10.3 Å². The summed E-state index contributed by atoms with van der Waals surface area (Å²) in [5, 5.41) is 6.01. The van der Waals surface area contributed by atoms with E-state index in [4.69, 9.17) is 4.74 Å². The van der Waals surface area contributed by atoms with Crippen LogP contribution < -0.4 is 10.9 Å². The fourth-order valence-electron chi connectivity index (χ4n) is 2.55. The van der Waals surface area contributed by atoms with Crippen molar-refractivity contribution in [3.63, 3.8) is 0 Å². The van der Waals surface area contributed by atoms with E-state index in [9.17, 15) is 14.4 Å². The molecule has 0 aliphatic heterocycles. The highest BCUT2D eigenvalue weighted by Crippen LogP contribution is 2.28. The maximum Gasteiger partial charge on any atom is 0.341 e. The fourth-order valence-corrected chi connectivity index (χ4v) is 5.19. The van der Waals surface area contributed by atoms with Crippen molar-refractivity contribution < 1.29 is 14.3 Å². The minimum absolute atomic E-state index is 0.0648. The Hall–Kier alpha value is -2.17. The second-order valence-corrected chi connectivity index (χ2v) is 9.00. The first-order valence-electron chi connectivity index (χ1n) is 8.47. The number of nitrogens with one attached hydrogen (secondary N) is 1. The molecule has 0 saturated carbocycles. The molecule has 0 radical (unpaired) electrons. The maximum absolute atomic E-state index is 12.6. The number of rotatable bonds is 6. The van der Waals surface area contributed by atoms with Crippen LogP contribution in [0.5, 0.6) is 0 Å². The number of hydrogen-bond acceptors (Lipinski definition) is 8. The van der Waals surface area contributed by atoms with E-state index >= 15 is 0 Å². The summed E-state index contributed by atoms with van der Waals surface area (Å²) in [4.78, 5) is 43.2. The van der Waals surface area contributed by atoms with Crippen molar-refractivity contribution in [1.82, 2.24) is 9.55 Å². The highest BCUT2D eigenvalue weighted by Gasteiger charge is 2.18. The van der Waals surface area contributed by atoms with Crippen molar-refractivity contribution >= 4 is 61.5 Å². The van der Waals surface area contributed by atoms with Crippen molar-refractivity contribution in [3.05, 3.63) is 37.8 Å². The third-order valence-electron chi connectivity index (χ3n) is 4.12. The average Bonchev–Trinajstić information content (AvgIpc) is 3.22. The quantitative estimate of drug-likeness (QED) is 0.360. The van der Waals surface area contributed by atoms with Gasteiger partial charge < -0.3 is 10.1 Å². The molecule has 0 atom stereocenters. The molecule has 0 aliphatic carbocycles. The SMILES string of the molecule is CCOC(=O)c1ccsc1NC(=O)CSc1nc2sc(C)c(C)c2c(=O)n1C. The normalized spacial score (nSPS) is 11.0. The molecule has 148 valence electrons. The molecule has 3 rings (SSSR count). The Labute approximate surface area is 173 Å². The Morgan fingerprint density at radius 1 is 1.36 bits per heavy atom. The number of ether oxygens (including phenoxy) is 1. The van der Waals surface area contributed by atoms with Crippen molar-refractivity contribution in [2.75, 3.05) is 17.7 Å². The Balaban J connectivity index is 1.74. The number of fused-ring (bicyclic) bond motifs is 1. The summed E-state index contributed by atoms with van der Waals surface area (Å²) in [6, 6.07) is 1.62. The molecule has 0 unspecified atom stereocenters. The predicted molar refractivity (Wildman–Crippen MR) is 114 cm³/mol. The molecule has 3 heterocycles. The van der Waals surface area contributed by atoms with Crippen LogP contribution in [0, 0.1) is 13.8 Å². The van der Waals surface area contributed by atoms with E-state index in [1.54, 1.807) is 25.4 Å². The molecule has 0 aromatic carbocycles. The summed E-state index contributed by atoms with van der Waals surface area (Å²) in [6.45, 7) is 5.87. The van der Waals surface area contributed by atoms with Gasteiger partial charge in [0.2, 0.25) is 5.91 Å². The molecule has 3 aromatic heterocycles. The number of hydrogen-bond donors (Lipinski definition) is 1. The summed E-state index contributed by atoms with van der Waals surface area (Å²) in [7, 11) is 1.65. The van der Waals surface area contributed by atoms with Crippen molar-refractivity contribution in [2.24, 2.45) is 7.05 Å². The van der Waals surface area contributed by atoms with E-state index in [1.807, 2.05) is 13.8 Å². The lowest BCUT2D eigenvalue weighted by Crippen LogP contribution is -2.21. The predicted octanol–water partition coefficient (Wildman–Crippen LogP) is 3.58. The van der Waals surface area contributed by atoms with E-state index in [-0.39, 0.29) is 23.8 Å². The lowest BCUT2D eigenvalue weighted by Gasteiger charge is -2.08. The van der Waals surface area contributed by atoms with E-state index < -0.39 is 5.97 Å². The summed E-state index contributed by atoms with van der Waals surface area (Å²) >= 11 is 3.91. The fraction of sp³-hybridized carbons (Fsp3) is 0.333. The van der Waals surface area contributed by atoms with Gasteiger partial charge in [0, 0.05) is 11.9 Å². The summed E-state index contributed by atoms with van der Waals surface area (Å²) in [5.41, 5.74) is 1.17. The number of amides is 1. The van der Waals surface area contributed by atoms with Gasteiger partial charge in [0.05, 0.1) is 23.3 Å². The Bertz CT molecular complexity index is 1110. The second kappa shape index (κ2) is 8.46. The van der Waals surface area contributed by atoms with Gasteiger partial charge in [0.1, 0.15) is 9.83 Å². The van der Waals surface area contributed by atoms with Crippen molar-refractivity contribution in [3.8, 4) is 0 Å². The molecular formula is C18H19N3O4S3. The number of thioether (sulfide) groups is 1. The lowest BCUT2D eigenvalue weighted by molar-refractivity contribution is -0.113. The van der Waals surface area contributed by atoms with Gasteiger partial charge in [-0.15, -0.1) is 22.7 Å². The van der Waals surface area contributed by atoms with Gasteiger partial charge in [0.25, 0.3) is 5.56 Å². The van der Waals surface area contributed by atoms with Gasteiger partial charge in [-0.05, 0) is 37.8 Å². The smallest absolute Gasteiger partial charge is 0.341 e. The number of carbonyl (C=O) groups is 2. The molecule has 7 nitrogen and oxygen atoms in total. The standard InChI is InChI=1S/C18H19N3O4S3/c1-5-25-17(24)11-6-7-26-14(11)19-12(22)8-27-18-20-15-13(16(23)21(18)4)9(2)10(3)28-15/h6-7H,5,8H2,1-4H3,(H,19,22). The Morgan fingerprint density at radius 3 is 2.82 bits per heavy atom. The van der Waals surface area contributed by atoms with E-state index in [1.165, 1.54) is 39.0 Å². The first-order valence-corrected chi connectivity index (χ1v) is 11.2. The van der Waals surface area contributed by atoms with E-state index in [0.717, 1.165) is 10.4 Å². The van der Waals surface area contributed by atoms with Crippen LogP contribution in [0.15, 0.2) is 21.4 Å². The molecule has 1 N–H and O–H groups in total. The third-order valence-corrected chi connectivity index (χ3v) is 7.08. The summed E-state index contributed by atoms with van der Waals surface area (Å²) < 4.78 is 6.45. The van der Waals surface area contributed by atoms with Crippen LogP contribution in [-0.2, 0) is 16.6 Å². The molecule has 0 aliphatic rings.